The lowest BCUT2D eigenvalue weighted by Gasteiger charge is -2.08. The van der Waals surface area contributed by atoms with Crippen molar-refractivity contribution in [3.8, 4) is 0 Å². The summed E-state index contributed by atoms with van der Waals surface area (Å²) in [5, 5.41) is 5.81. The molecule has 0 unspecified atom stereocenters. The Labute approximate surface area is 70.3 Å². The summed E-state index contributed by atoms with van der Waals surface area (Å²) in [7, 11) is 0. The van der Waals surface area contributed by atoms with Crippen LogP contribution in [0.25, 0.3) is 0 Å². The van der Waals surface area contributed by atoms with E-state index >= 15 is 0 Å². The van der Waals surface area contributed by atoms with E-state index in [4.69, 9.17) is 5.73 Å². The van der Waals surface area contributed by atoms with Crippen molar-refractivity contribution in [3.05, 3.63) is 0 Å². The van der Waals surface area contributed by atoms with E-state index in [-0.39, 0.29) is 11.9 Å². The molecule has 0 aliphatic carbocycles. The standard InChI is InChI=1S/C6H13N3OS/c7-1-2-8-6(10)5-3-11-4-9-5/h5,9H,1-4,7H2,(H,8,10)/t5-/m1/s1. The molecule has 0 aromatic rings. The van der Waals surface area contributed by atoms with E-state index < -0.39 is 0 Å². The van der Waals surface area contributed by atoms with Crippen molar-refractivity contribution >= 4 is 17.7 Å². The summed E-state index contributed by atoms with van der Waals surface area (Å²) in [6, 6.07) is -0.00782. The maximum atomic E-state index is 11.2. The van der Waals surface area contributed by atoms with Gasteiger partial charge in [0.25, 0.3) is 0 Å². The smallest absolute Gasteiger partial charge is 0.238 e. The summed E-state index contributed by atoms with van der Waals surface area (Å²) in [4.78, 5) is 11.2. The maximum absolute atomic E-state index is 11.2. The van der Waals surface area contributed by atoms with Gasteiger partial charge in [0.1, 0.15) is 0 Å². The molecule has 64 valence electrons. The van der Waals surface area contributed by atoms with Crippen LogP contribution in [0.4, 0.5) is 0 Å². The van der Waals surface area contributed by atoms with Gasteiger partial charge in [-0.05, 0) is 0 Å². The molecule has 1 aliphatic heterocycles. The van der Waals surface area contributed by atoms with Crippen molar-refractivity contribution in [1.82, 2.24) is 10.6 Å². The Kier molecular flexibility index (Phi) is 3.68. The number of nitrogens with one attached hydrogen (secondary N) is 2. The van der Waals surface area contributed by atoms with Crippen LogP contribution in [0, 0.1) is 0 Å². The summed E-state index contributed by atoms with van der Waals surface area (Å²) in [5.41, 5.74) is 5.24. The van der Waals surface area contributed by atoms with Crippen LogP contribution in [-0.4, -0.2) is 36.7 Å². The first-order valence-corrected chi connectivity index (χ1v) is 4.79. The first-order valence-electron chi connectivity index (χ1n) is 3.63. The molecule has 1 atom stereocenters. The molecule has 11 heavy (non-hydrogen) atoms. The number of thioether (sulfide) groups is 1. The largest absolute Gasteiger partial charge is 0.353 e. The molecule has 0 bridgehead atoms. The molecule has 0 radical (unpaired) electrons. The van der Waals surface area contributed by atoms with Crippen molar-refractivity contribution in [2.75, 3.05) is 24.7 Å². The molecule has 1 rings (SSSR count). The molecule has 0 aromatic heterocycles. The molecule has 0 spiro atoms. The fourth-order valence-electron chi connectivity index (χ4n) is 0.882. The highest BCUT2D eigenvalue weighted by molar-refractivity contribution is 7.99. The van der Waals surface area contributed by atoms with Gasteiger partial charge in [-0.2, -0.15) is 0 Å². The van der Waals surface area contributed by atoms with Gasteiger partial charge in [-0.25, -0.2) is 0 Å². The highest BCUT2D eigenvalue weighted by Gasteiger charge is 2.21. The van der Waals surface area contributed by atoms with Crippen molar-refractivity contribution in [1.29, 1.82) is 0 Å². The van der Waals surface area contributed by atoms with Gasteiger partial charge in [0, 0.05) is 24.7 Å². The fraction of sp³-hybridized carbons (Fsp3) is 0.833. The van der Waals surface area contributed by atoms with Crippen LogP contribution in [0.1, 0.15) is 0 Å². The third kappa shape index (κ3) is 2.69. The van der Waals surface area contributed by atoms with E-state index in [1.165, 1.54) is 0 Å². The van der Waals surface area contributed by atoms with Gasteiger partial charge >= 0.3 is 0 Å². The quantitative estimate of drug-likeness (QED) is 0.500. The zero-order chi connectivity index (χ0) is 8.10. The molecule has 0 aromatic carbocycles. The van der Waals surface area contributed by atoms with E-state index in [9.17, 15) is 4.79 Å². The van der Waals surface area contributed by atoms with Crippen LogP contribution in [0.15, 0.2) is 0 Å². The van der Waals surface area contributed by atoms with E-state index in [2.05, 4.69) is 10.6 Å². The Hall–Kier alpha value is -0.260. The van der Waals surface area contributed by atoms with Crippen LogP contribution < -0.4 is 16.4 Å². The molecular formula is C6H13N3OS. The number of rotatable bonds is 3. The molecule has 1 aliphatic rings. The van der Waals surface area contributed by atoms with E-state index in [1.807, 2.05) is 0 Å². The predicted molar refractivity (Wildman–Crippen MR) is 46.3 cm³/mol. The Bertz CT molecular complexity index is 136. The van der Waals surface area contributed by atoms with Crippen LogP contribution in [-0.2, 0) is 4.79 Å². The second-order valence-corrected chi connectivity index (χ2v) is 3.38. The van der Waals surface area contributed by atoms with E-state index in [1.54, 1.807) is 11.8 Å². The number of nitrogens with two attached hydrogens (primary N) is 1. The molecule has 0 saturated carbocycles. The summed E-state index contributed by atoms with van der Waals surface area (Å²) in [6.07, 6.45) is 0. The van der Waals surface area contributed by atoms with Gasteiger partial charge in [0.2, 0.25) is 5.91 Å². The first kappa shape index (κ1) is 8.83. The minimum Gasteiger partial charge on any atom is -0.353 e. The maximum Gasteiger partial charge on any atom is 0.238 e. The average molecular weight is 175 g/mol. The van der Waals surface area contributed by atoms with Crippen molar-refractivity contribution in [3.63, 3.8) is 0 Å². The van der Waals surface area contributed by atoms with Crippen molar-refractivity contribution in [2.24, 2.45) is 5.73 Å². The minimum atomic E-state index is -0.00782. The van der Waals surface area contributed by atoms with Gasteiger partial charge in [-0.3, -0.25) is 10.1 Å². The summed E-state index contributed by atoms with van der Waals surface area (Å²) in [5.74, 6) is 1.82. The fourth-order valence-corrected chi connectivity index (χ4v) is 1.82. The highest BCUT2D eigenvalue weighted by Crippen LogP contribution is 2.08. The second-order valence-electron chi connectivity index (χ2n) is 2.35. The molecule has 4 nitrogen and oxygen atoms in total. The molecule has 1 heterocycles. The highest BCUT2D eigenvalue weighted by atomic mass is 32.2. The molecule has 4 N–H and O–H groups in total. The first-order chi connectivity index (χ1) is 5.34. The lowest BCUT2D eigenvalue weighted by Crippen LogP contribution is -2.43. The average Bonchev–Trinajstić information content (AvgIpc) is 2.52. The normalized spacial score (nSPS) is 23.5. The zero-order valence-corrected chi connectivity index (χ0v) is 7.12. The zero-order valence-electron chi connectivity index (χ0n) is 6.30. The summed E-state index contributed by atoms with van der Waals surface area (Å²) >= 11 is 1.74. The van der Waals surface area contributed by atoms with Gasteiger partial charge in [0.05, 0.1) is 6.04 Å². The molecule has 1 saturated heterocycles. The van der Waals surface area contributed by atoms with Crippen LogP contribution in [0.2, 0.25) is 0 Å². The van der Waals surface area contributed by atoms with Crippen molar-refractivity contribution in [2.45, 2.75) is 6.04 Å². The topological polar surface area (TPSA) is 67.1 Å². The van der Waals surface area contributed by atoms with E-state index in [0.717, 1.165) is 11.6 Å². The number of amides is 1. The Morgan fingerprint density at radius 1 is 1.82 bits per heavy atom. The van der Waals surface area contributed by atoms with Crippen molar-refractivity contribution < 1.29 is 4.79 Å². The Morgan fingerprint density at radius 2 is 2.64 bits per heavy atom. The minimum absolute atomic E-state index is 0.00782. The van der Waals surface area contributed by atoms with Gasteiger partial charge in [0.15, 0.2) is 0 Å². The van der Waals surface area contributed by atoms with Crippen LogP contribution in [0.5, 0.6) is 0 Å². The molecule has 5 heteroatoms. The summed E-state index contributed by atoms with van der Waals surface area (Å²) < 4.78 is 0. The third-order valence-corrected chi connectivity index (χ3v) is 2.42. The van der Waals surface area contributed by atoms with Crippen LogP contribution in [0.3, 0.4) is 0 Å². The number of hydrogen-bond acceptors (Lipinski definition) is 4. The third-order valence-electron chi connectivity index (χ3n) is 1.48. The van der Waals surface area contributed by atoms with Gasteiger partial charge in [-0.15, -0.1) is 11.8 Å². The lowest BCUT2D eigenvalue weighted by molar-refractivity contribution is -0.122. The molecule has 1 fully saturated rings. The number of carbonyl (C=O) groups is 1. The molecular weight excluding hydrogens is 162 g/mol. The number of hydrogen-bond donors (Lipinski definition) is 3. The molecule has 1 amide bonds. The predicted octanol–water partition coefficient (Wildman–Crippen LogP) is -1.28. The Morgan fingerprint density at radius 3 is 3.18 bits per heavy atom. The second kappa shape index (κ2) is 4.58. The summed E-state index contributed by atoms with van der Waals surface area (Å²) in [6.45, 7) is 1.08. The van der Waals surface area contributed by atoms with Gasteiger partial charge < -0.3 is 11.1 Å². The van der Waals surface area contributed by atoms with Gasteiger partial charge in [-0.1, -0.05) is 0 Å². The SMILES string of the molecule is NCCNC(=O)[C@H]1CSCN1. The van der Waals surface area contributed by atoms with Crippen LogP contribution >= 0.6 is 11.8 Å². The van der Waals surface area contributed by atoms with E-state index in [0.29, 0.717) is 13.1 Å². The monoisotopic (exact) mass is 175 g/mol. The Balaban J connectivity index is 2.17. The number of carbonyl (C=O) groups excluding carboxylic acids is 1. The lowest BCUT2D eigenvalue weighted by atomic mass is 10.3.